The van der Waals surface area contributed by atoms with Crippen LogP contribution in [0.4, 0.5) is 15.8 Å². The molecule has 0 aliphatic carbocycles. The summed E-state index contributed by atoms with van der Waals surface area (Å²) in [5.41, 5.74) is 2.54. The topological polar surface area (TPSA) is 58.6 Å². The fourth-order valence-corrected chi connectivity index (χ4v) is 2.89. The van der Waals surface area contributed by atoms with Crippen molar-refractivity contribution < 1.29 is 18.7 Å². The van der Waals surface area contributed by atoms with Crippen molar-refractivity contribution in [2.75, 3.05) is 23.4 Å². The number of hydrogen-bond acceptors (Lipinski definition) is 3. The second kappa shape index (κ2) is 7.34. The van der Waals surface area contributed by atoms with Crippen LogP contribution in [-0.2, 0) is 16.0 Å². The first-order chi connectivity index (χ1) is 12.1. The minimum atomic E-state index is -0.506. The molecule has 0 bridgehead atoms. The summed E-state index contributed by atoms with van der Waals surface area (Å²) in [5, 5.41) is 2.74. The molecule has 0 aromatic heterocycles. The van der Waals surface area contributed by atoms with E-state index in [4.69, 9.17) is 4.74 Å². The van der Waals surface area contributed by atoms with Crippen LogP contribution in [0.5, 0.6) is 5.75 Å². The zero-order valence-corrected chi connectivity index (χ0v) is 13.9. The summed E-state index contributed by atoms with van der Waals surface area (Å²) in [6.07, 6.45) is 1.12. The SMILES string of the molecule is CCN1C(=O)CCc2cc(NC(=O)COc3ccccc3F)ccc21. The molecule has 6 heteroatoms. The summed E-state index contributed by atoms with van der Waals surface area (Å²) in [4.78, 5) is 25.7. The number of nitrogens with one attached hydrogen (secondary N) is 1. The number of carbonyl (C=O) groups excluding carboxylic acids is 2. The molecule has 1 heterocycles. The maximum atomic E-state index is 13.5. The van der Waals surface area contributed by atoms with Crippen LogP contribution in [0.2, 0.25) is 0 Å². The molecule has 0 saturated heterocycles. The lowest BCUT2D eigenvalue weighted by Gasteiger charge is -2.28. The number of para-hydroxylation sites is 1. The molecule has 2 amide bonds. The van der Waals surface area contributed by atoms with E-state index in [0.29, 0.717) is 25.1 Å². The molecule has 0 atom stereocenters. The van der Waals surface area contributed by atoms with E-state index < -0.39 is 5.82 Å². The van der Waals surface area contributed by atoms with Crippen LogP contribution < -0.4 is 15.0 Å². The average molecular weight is 342 g/mol. The lowest BCUT2D eigenvalue weighted by molar-refractivity contribution is -0.119. The maximum absolute atomic E-state index is 13.5. The fourth-order valence-electron chi connectivity index (χ4n) is 2.89. The minimum absolute atomic E-state index is 0.0418. The number of ether oxygens (including phenoxy) is 1. The second-order valence-electron chi connectivity index (χ2n) is 5.75. The van der Waals surface area contributed by atoms with Gasteiger partial charge in [-0.05, 0) is 49.2 Å². The first-order valence-electron chi connectivity index (χ1n) is 8.19. The molecule has 130 valence electrons. The number of anilines is 2. The molecule has 0 saturated carbocycles. The molecule has 1 aliphatic heterocycles. The summed E-state index contributed by atoms with van der Waals surface area (Å²) in [6.45, 7) is 2.27. The normalized spacial score (nSPS) is 13.4. The first-order valence-corrected chi connectivity index (χ1v) is 8.19. The Morgan fingerprint density at radius 1 is 1.24 bits per heavy atom. The van der Waals surface area contributed by atoms with Gasteiger partial charge in [-0.2, -0.15) is 0 Å². The summed E-state index contributed by atoms with van der Waals surface area (Å²) < 4.78 is 18.7. The van der Waals surface area contributed by atoms with Gasteiger partial charge in [-0.3, -0.25) is 9.59 Å². The van der Waals surface area contributed by atoms with E-state index in [2.05, 4.69) is 5.32 Å². The van der Waals surface area contributed by atoms with Gasteiger partial charge in [0.15, 0.2) is 18.2 Å². The lowest BCUT2D eigenvalue weighted by Crippen LogP contribution is -2.34. The van der Waals surface area contributed by atoms with Crippen molar-refractivity contribution in [2.45, 2.75) is 19.8 Å². The smallest absolute Gasteiger partial charge is 0.262 e. The molecule has 1 N–H and O–H groups in total. The van der Waals surface area contributed by atoms with Crippen LogP contribution in [0.15, 0.2) is 42.5 Å². The van der Waals surface area contributed by atoms with Crippen LogP contribution in [0.3, 0.4) is 0 Å². The van der Waals surface area contributed by atoms with Crippen molar-refractivity contribution in [3.63, 3.8) is 0 Å². The van der Waals surface area contributed by atoms with Crippen LogP contribution in [0, 0.1) is 5.82 Å². The highest BCUT2D eigenvalue weighted by Crippen LogP contribution is 2.30. The van der Waals surface area contributed by atoms with Gasteiger partial charge in [-0.1, -0.05) is 12.1 Å². The molecular formula is C19H19FN2O3. The average Bonchev–Trinajstić information content (AvgIpc) is 2.61. The Hall–Kier alpha value is -2.89. The van der Waals surface area contributed by atoms with E-state index in [9.17, 15) is 14.0 Å². The van der Waals surface area contributed by atoms with E-state index in [1.54, 1.807) is 23.1 Å². The molecule has 0 radical (unpaired) electrons. The highest BCUT2D eigenvalue weighted by Gasteiger charge is 2.23. The summed E-state index contributed by atoms with van der Waals surface area (Å²) >= 11 is 0. The Balaban J connectivity index is 1.64. The predicted molar refractivity (Wildman–Crippen MR) is 93.3 cm³/mol. The van der Waals surface area contributed by atoms with Crippen molar-refractivity contribution >= 4 is 23.2 Å². The third-order valence-corrected chi connectivity index (χ3v) is 4.07. The Bertz CT molecular complexity index is 807. The monoisotopic (exact) mass is 342 g/mol. The summed E-state index contributed by atoms with van der Waals surface area (Å²) in [5.74, 6) is -0.721. The molecule has 25 heavy (non-hydrogen) atoms. The summed E-state index contributed by atoms with van der Waals surface area (Å²) in [6, 6.07) is 11.4. The Labute approximate surface area is 145 Å². The molecule has 5 nitrogen and oxygen atoms in total. The number of benzene rings is 2. The molecule has 2 aromatic carbocycles. The lowest BCUT2D eigenvalue weighted by atomic mass is 10.0. The van der Waals surface area contributed by atoms with Gasteiger partial charge in [0, 0.05) is 24.3 Å². The zero-order valence-electron chi connectivity index (χ0n) is 13.9. The standard InChI is InChI=1S/C19H19FN2O3/c1-2-22-16-9-8-14(11-13(16)7-10-19(22)24)21-18(23)12-25-17-6-4-3-5-15(17)20/h3-6,8-9,11H,2,7,10,12H2,1H3,(H,21,23). The number of aryl methyl sites for hydroxylation is 1. The van der Waals surface area contributed by atoms with Crippen molar-refractivity contribution in [3.05, 3.63) is 53.8 Å². The van der Waals surface area contributed by atoms with E-state index in [0.717, 1.165) is 11.3 Å². The first kappa shape index (κ1) is 17.0. The summed E-state index contributed by atoms with van der Waals surface area (Å²) in [7, 11) is 0. The van der Waals surface area contributed by atoms with Gasteiger partial charge < -0.3 is 15.0 Å². The van der Waals surface area contributed by atoms with Crippen LogP contribution >= 0.6 is 0 Å². The van der Waals surface area contributed by atoms with Crippen molar-refractivity contribution in [1.82, 2.24) is 0 Å². The van der Waals surface area contributed by atoms with Crippen LogP contribution in [-0.4, -0.2) is 25.0 Å². The molecule has 3 rings (SSSR count). The minimum Gasteiger partial charge on any atom is -0.481 e. The van der Waals surface area contributed by atoms with E-state index in [-0.39, 0.29) is 24.2 Å². The van der Waals surface area contributed by atoms with E-state index in [1.165, 1.54) is 12.1 Å². The van der Waals surface area contributed by atoms with Gasteiger partial charge in [0.2, 0.25) is 5.91 Å². The Morgan fingerprint density at radius 2 is 2.04 bits per heavy atom. The molecule has 1 aliphatic rings. The number of amides is 2. The van der Waals surface area contributed by atoms with Crippen molar-refractivity contribution in [2.24, 2.45) is 0 Å². The maximum Gasteiger partial charge on any atom is 0.262 e. The highest BCUT2D eigenvalue weighted by molar-refractivity contribution is 5.97. The van der Waals surface area contributed by atoms with Gasteiger partial charge in [0.05, 0.1) is 0 Å². The van der Waals surface area contributed by atoms with Gasteiger partial charge in [0.1, 0.15) is 0 Å². The quantitative estimate of drug-likeness (QED) is 0.908. The fraction of sp³-hybridized carbons (Fsp3) is 0.263. The van der Waals surface area contributed by atoms with Gasteiger partial charge in [-0.15, -0.1) is 0 Å². The van der Waals surface area contributed by atoms with Gasteiger partial charge >= 0.3 is 0 Å². The molecule has 0 spiro atoms. The number of fused-ring (bicyclic) bond motifs is 1. The third kappa shape index (κ3) is 3.79. The largest absolute Gasteiger partial charge is 0.481 e. The van der Waals surface area contributed by atoms with Crippen LogP contribution in [0.25, 0.3) is 0 Å². The molecular weight excluding hydrogens is 323 g/mol. The molecule has 0 fully saturated rings. The number of carbonyl (C=O) groups is 2. The third-order valence-electron chi connectivity index (χ3n) is 4.07. The van der Waals surface area contributed by atoms with E-state index >= 15 is 0 Å². The predicted octanol–water partition coefficient (Wildman–Crippen LogP) is 3.14. The highest BCUT2D eigenvalue weighted by atomic mass is 19.1. The number of rotatable bonds is 5. The Kier molecular flexibility index (Phi) is 4.97. The molecule has 0 unspecified atom stereocenters. The van der Waals surface area contributed by atoms with Crippen molar-refractivity contribution in [3.8, 4) is 5.75 Å². The van der Waals surface area contributed by atoms with Gasteiger partial charge in [0.25, 0.3) is 5.91 Å². The second-order valence-corrected chi connectivity index (χ2v) is 5.75. The van der Waals surface area contributed by atoms with Gasteiger partial charge in [-0.25, -0.2) is 4.39 Å². The zero-order chi connectivity index (χ0) is 17.8. The number of hydrogen-bond donors (Lipinski definition) is 1. The van der Waals surface area contributed by atoms with E-state index in [1.807, 2.05) is 19.1 Å². The molecule has 2 aromatic rings. The van der Waals surface area contributed by atoms with Crippen LogP contribution in [0.1, 0.15) is 18.9 Å². The Morgan fingerprint density at radius 3 is 2.80 bits per heavy atom. The number of halogens is 1. The van der Waals surface area contributed by atoms with Crippen molar-refractivity contribution in [1.29, 1.82) is 0 Å². The number of nitrogens with zero attached hydrogens (tertiary/aromatic N) is 1.